The molecule has 0 fully saturated rings. The van der Waals surface area contributed by atoms with Gasteiger partial charge in [0.1, 0.15) is 12.1 Å². The first-order chi connectivity index (χ1) is 9.74. The Morgan fingerprint density at radius 2 is 1.81 bits per heavy atom. The van der Waals surface area contributed by atoms with Gasteiger partial charge in [-0.2, -0.15) is 5.10 Å². The molecule has 0 radical (unpaired) electrons. The minimum absolute atomic E-state index is 0. The van der Waals surface area contributed by atoms with Crippen LogP contribution >= 0.6 is 12.4 Å². The van der Waals surface area contributed by atoms with Crippen LogP contribution in [0.25, 0.3) is 22.2 Å². The number of nitrogen functional groups attached to an aromatic ring is 1. The molecule has 3 rings (SSSR count). The van der Waals surface area contributed by atoms with Crippen LogP contribution in [0.15, 0.2) is 24.7 Å². The molecule has 1 aromatic carbocycles. The molecule has 3 N–H and O–H groups in total. The molecule has 21 heavy (non-hydrogen) atoms. The fourth-order valence-corrected chi connectivity index (χ4v) is 2.08. The number of fused-ring (bicyclic) bond motifs is 1. The first-order valence-corrected chi connectivity index (χ1v) is 5.90. The Balaban J connectivity index is 0.00000161. The second-order valence-electron chi connectivity index (χ2n) is 4.14. The first kappa shape index (κ1) is 14.9. The second-order valence-corrected chi connectivity index (χ2v) is 4.14. The predicted octanol–water partition coefficient (Wildman–Crippen LogP) is 2.04. The first-order valence-electron chi connectivity index (χ1n) is 5.90. The number of anilines is 1. The van der Waals surface area contributed by atoms with Gasteiger partial charge in [-0.15, -0.1) is 12.4 Å². The molecule has 0 bridgehead atoms. The number of ether oxygens (including phenoxy) is 2. The van der Waals surface area contributed by atoms with Crippen molar-refractivity contribution in [2.45, 2.75) is 0 Å². The zero-order chi connectivity index (χ0) is 14.1. The summed E-state index contributed by atoms with van der Waals surface area (Å²) in [5, 5.41) is 7.43. The molecule has 0 saturated heterocycles. The lowest BCUT2D eigenvalue weighted by molar-refractivity contribution is 0.356. The highest BCUT2D eigenvalue weighted by atomic mass is 35.5. The smallest absolute Gasteiger partial charge is 0.162 e. The lowest BCUT2D eigenvalue weighted by Gasteiger charge is -2.10. The highest BCUT2D eigenvalue weighted by molar-refractivity contribution is 5.96. The zero-order valence-electron chi connectivity index (χ0n) is 11.5. The minimum Gasteiger partial charge on any atom is -0.493 e. The van der Waals surface area contributed by atoms with E-state index in [9.17, 15) is 0 Å². The SMILES string of the molecule is COc1cc2ncnc(-c3cn[nH]c3N)c2cc1OC.Cl. The van der Waals surface area contributed by atoms with E-state index in [-0.39, 0.29) is 12.4 Å². The molecule has 0 unspecified atom stereocenters. The van der Waals surface area contributed by atoms with E-state index in [1.54, 1.807) is 26.5 Å². The Labute approximate surface area is 126 Å². The maximum atomic E-state index is 5.86. The molecule has 0 saturated carbocycles. The van der Waals surface area contributed by atoms with Gasteiger partial charge in [0.25, 0.3) is 0 Å². The van der Waals surface area contributed by atoms with Gasteiger partial charge in [0.15, 0.2) is 11.5 Å². The van der Waals surface area contributed by atoms with Gasteiger partial charge in [-0.3, -0.25) is 5.10 Å². The summed E-state index contributed by atoms with van der Waals surface area (Å²) in [5.74, 6) is 1.68. The van der Waals surface area contributed by atoms with Gasteiger partial charge in [0, 0.05) is 11.5 Å². The normalized spacial score (nSPS) is 10.2. The summed E-state index contributed by atoms with van der Waals surface area (Å²) in [4.78, 5) is 8.54. The number of nitrogens with zero attached hydrogens (tertiary/aromatic N) is 3. The number of rotatable bonds is 3. The maximum Gasteiger partial charge on any atom is 0.162 e. The summed E-state index contributed by atoms with van der Waals surface area (Å²) < 4.78 is 10.6. The van der Waals surface area contributed by atoms with Crippen LogP contribution in [0.5, 0.6) is 11.5 Å². The topological polar surface area (TPSA) is 98.9 Å². The highest BCUT2D eigenvalue weighted by Gasteiger charge is 2.14. The molecule has 0 aliphatic rings. The average molecular weight is 308 g/mol. The molecular formula is C13H14ClN5O2. The van der Waals surface area contributed by atoms with Crippen molar-refractivity contribution in [2.24, 2.45) is 0 Å². The Kier molecular flexibility index (Phi) is 4.13. The quantitative estimate of drug-likeness (QED) is 0.768. The Hall–Kier alpha value is -2.54. The van der Waals surface area contributed by atoms with E-state index in [4.69, 9.17) is 15.2 Å². The molecule has 0 aliphatic carbocycles. The number of halogens is 1. The monoisotopic (exact) mass is 307 g/mol. The molecule has 0 amide bonds. The summed E-state index contributed by atoms with van der Waals surface area (Å²) >= 11 is 0. The Morgan fingerprint density at radius 3 is 2.43 bits per heavy atom. The maximum absolute atomic E-state index is 5.86. The number of nitrogens with two attached hydrogens (primary N) is 1. The third-order valence-electron chi connectivity index (χ3n) is 3.06. The van der Waals surface area contributed by atoms with Crippen LogP contribution in [0.1, 0.15) is 0 Å². The number of methoxy groups -OCH3 is 2. The van der Waals surface area contributed by atoms with Crippen molar-refractivity contribution in [3.63, 3.8) is 0 Å². The van der Waals surface area contributed by atoms with Gasteiger partial charge in [-0.05, 0) is 6.07 Å². The van der Waals surface area contributed by atoms with Gasteiger partial charge in [0.2, 0.25) is 0 Å². The van der Waals surface area contributed by atoms with E-state index in [0.29, 0.717) is 23.0 Å². The summed E-state index contributed by atoms with van der Waals surface area (Å²) in [7, 11) is 3.17. The third kappa shape index (κ3) is 2.43. The lowest BCUT2D eigenvalue weighted by atomic mass is 10.1. The van der Waals surface area contributed by atoms with Gasteiger partial charge in [0.05, 0.1) is 37.2 Å². The van der Waals surface area contributed by atoms with Crippen LogP contribution in [0, 0.1) is 0 Å². The summed E-state index contributed by atoms with van der Waals surface area (Å²) in [6.45, 7) is 0. The van der Waals surface area contributed by atoms with Crippen LogP contribution in [0.4, 0.5) is 5.82 Å². The number of H-pyrrole nitrogens is 1. The third-order valence-corrected chi connectivity index (χ3v) is 3.06. The van der Waals surface area contributed by atoms with Crippen molar-refractivity contribution in [1.29, 1.82) is 0 Å². The van der Waals surface area contributed by atoms with Crippen molar-refractivity contribution in [1.82, 2.24) is 20.2 Å². The van der Waals surface area contributed by atoms with Crippen molar-refractivity contribution >= 4 is 29.1 Å². The van der Waals surface area contributed by atoms with E-state index in [2.05, 4.69) is 20.2 Å². The van der Waals surface area contributed by atoms with E-state index in [1.807, 2.05) is 6.07 Å². The second kappa shape index (κ2) is 5.84. The molecular weight excluding hydrogens is 294 g/mol. The predicted molar refractivity (Wildman–Crippen MR) is 81.9 cm³/mol. The molecule has 7 nitrogen and oxygen atoms in total. The summed E-state index contributed by atoms with van der Waals surface area (Å²) in [6.07, 6.45) is 3.11. The summed E-state index contributed by atoms with van der Waals surface area (Å²) in [6, 6.07) is 3.63. The van der Waals surface area contributed by atoms with Gasteiger partial charge in [-0.25, -0.2) is 9.97 Å². The molecule has 2 aromatic heterocycles. The lowest BCUT2D eigenvalue weighted by Crippen LogP contribution is -1.95. The van der Waals surface area contributed by atoms with E-state index in [1.165, 1.54) is 6.33 Å². The number of hydrogen-bond acceptors (Lipinski definition) is 6. The zero-order valence-corrected chi connectivity index (χ0v) is 12.3. The number of hydrogen-bond donors (Lipinski definition) is 2. The average Bonchev–Trinajstić information content (AvgIpc) is 2.91. The fourth-order valence-electron chi connectivity index (χ4n) is 2.08. The van der Waals surface area contributed by atoms with Crippen LogP contribution in [0.3, 0.4) is 0 Å². The van der Waals surface area contributed by atoms with Crippen molar-refractivity contribution < 1.29 is 9.47 Å². The number of nitrogens with one attached hydrogen (secondary N) is 1. The van der Waals surface area contributed by atoms with E-state index < -0.39 is 0 Å². The number of aromatic nitrogens is 4. The largest absolute Gasteiger partial charge is 0.493 e. The van der Waals surface area contributed by atoms with Crippen molar-refractivity contribution in [2.75, 3.05) is 20.0 Å². The molecule has 0 atom stereocenters. The van der Waals surface area contributed by atoms with Gasteiger partial charge < -0.3 is 15.2 Å². The molecule has 2 heterocycles. The Morgan fingerprint density at radius 1 is 1.10 bits per heavy atom. The van der Waals surface area contributed by atoms with Gasteiger partial charge >= 0.3 is 0 Å². The highest BCUT2D eigenvalue weighted by Crippen LogP contribution is 2.35. The van der Waals surface area contributed by atoms with Crippen LogP contribution < -0.4 is 15.2 Å². The molecule has 0 spiro atoms. The van der Waals surface area contributed by atoms with Crippen LogP contribution in [0.2, 0.25) is 0 Å². The fraction of sp³-hybridized carbons (Fsp3) is 0.154. The van der Waals surface area contributed by atoms with Gasteiger partial charge in [-0.1, -0.05) is 0 Å². The number of aromatic amines is 1. The summed E-state index contributed by atoms with van der Waals surface area (Å²) in [5.41, 5.74) is 8.02. The Bertz CT molecular complexity index is 774. The van der Waals surface area contributed by atoms with Crippen molar-refractivity contribution in [3.05, 3.63) is 24.7 Å². The molecule has 0 aliphatic heterocycles. The number of benzene rings is 1. The van der Waals surface area contributed by atoms with Crippen molar-refractivity contribution in [3.8, 4) is 22.8 Å². The van der Waals surface area contributed by atoms with E-state index in [0.717, 1.165) is 16.5 Å². The van der Waals surface area contributed by atoms with E-state index >= 15 is 0 Å². The molecule has 110 valence electrons. The standard InChI is InChI=1S/C13H13N5O2.ClH/c1-19-10-3-7-9(4-11(10)20-2)15-6-16-12(7)8-5-17-18-13(8)14;/h3-6H,1-2H3,(H3,14,17,18);1H. The molecule has 3 aromatic rings. The molecule has 8 heteroatoms. The van der Waals surface area contributed by atoms with Crippen LogP contribution in [-0.2, 0) is 0 Å². The minimum atomic E-state index is 0. The van der Waals surface area contributed by atoms with Crippen LogP contribution in [-0.4, -0.2) is 34.4 Å².